The standard InChI is InChI=1S/C24H30N2O3/c1-4-26(5-2)16-19-13-11-18(12-14-19)15-25-24(27)23-21(17-28-6-3)20-9-7-8-10-22(20)29-23/h7-14H,4-6,15-17H2,1-3H3,(H,25,27)/p+1. The monoisotopic (exact) mass is 395 g/mol. The fraction of sp³-hybridized carbons (Fsp3) is 0.375. The van der Waals surface area contributed by atoms with Crippen LogP contribution in [0.25, 0.3) is 11.0 Å². The lowest BCUT2D eigenvalue weighted by Crippen LogP contribution is -3.10. The van der Waals surface area contributed by atoms with Crippen LogP contribution in [-0.2, 0) is 24.4 Å². The Morgan fingerprint density at radius 3 is 2.38 bits per heavy atom. The summed E-state index contributed by atoms with van der Waals surface area (Å²) in [4.78, 5) is 14.4. The number of hydrogen-bond acceptors (Lipinski definition) is 3. The summed E-state index contributed by atoms with van der Waals surface area (Å²) in [7, 11) is 0. The zero-order valence-corrected chi connectivity index (χ0v) is 17.6. The van der Waals surface area contributed by atoms with Crippen molar-refractivity contribution in [3.8, 4) is 0 Å². The zero-order valence-electron chi connectivity index (χ0n) is 17.6. The topological polar surface area (TPSA) is 55.9 Å². The molecule has 0 saturated heterocycles. The van der Waals surface area contributed by atoms with E-state index in [-0.39, 0.29) is 5.91 Å². The molecule has 0 fully saturated rings. The van der Waals surface area contributed by atoms with Gasteiger partial charge in [-0.05, 0) is 32.4 Å². The van der Waals surface area contributed by atoms with Crippen molar-refractivity contribution < 1.29 is 18.8 Å². The van der Waals surface area contributed by atoms with Crippen LogP contribution < -0.4 is 10.2 Å². The highest BCUT2D eigenvalue weighted by molar-refractivity contribution is 5.99. The molecule has 0 atom stereocenters. The fourth-order valence-corrected chi connectivity index (χ4v) is 3.46. The van der Waals surface area contributed by atoms with E-state index in [4.69, 9.17) is 9.15 Å². The number of ether oxygens (including phenoxy) is 1. The van der Waals surface area contributed by atoms with E-state index in [1.54, 1.807) is 4.90 Å². The number of fused-ring (bicyclic) bond motifs is 1. The molecule has 0 saturated carbocycles. The minimum atomic E-state index is -0.215. The molecular formula is C24H31N2O3+. The molecule has 3 aromatic rings. The Balaban J connectivity index is 1.67. The molecule has 0 bridgehead atoms. The van der Waals surface area contributed by atoms with Crippen LogP contribution in [-0.4, -0.2) is 25.6 Å². The third-order valence-electron chi connectivity index (χ3n) is 5.29. The van der Waals surface area contributed by atoms with Gasteiger partial charge in [0, 0.05) is 29.7 Å². The van der Waals surface area contributed by atoms with Gasteiger partial charge in [-0.15, -0.1) is 0 Å². The molecule has 2 aromatic carbocycles. The van der Waals surface area contributed by atoms with Gasteiger partial charge in [0.2, 0.25) is 0 Å². The molecule has 5 nitrogen and oxygen atoms in total. The lowest BCUT2D eigenvalue weighted by atomic mass is 10.1. The average molecular weight is 396 g/mol. The number of carbonyl (C=O) groups excluding carboxylic acids is 1. The summed E-state index contributed by atoms with van der Waals surface area (Å²) in [5, 5.41) is 3.91. The number of hydrogen-bond donors (Lipinski definition) is 2. The molecule has 1 heterocycles. The maximum Gasteiger partial charge on any atom is 0.287 e. The molecule has 0 aliphatic carbocycles. The maximum atomic E-state index is 12.8. The van der Waals surface area contributed by atoms with Crippen LogP contribution in [0.5, 0.6) is 0 Å². The Hall–Kier alpha value is -2.63. The molecule has 0 aliphatic rings. The number of furan rings is 1. The van der Waals surface area contributed by atoms with E-state index in [1.165, 1.54) is 5.56 Å². The smallest absolute Gasteiger partial charge is 0.287 e. The van der Waals surface area contributed by atoms with Crippen LogP contribution in [0, 0.1) is 0 Å². The number of amides is 1. The summed E-state index contributed by atoms with van der Waals surface area (Å²) in [5.74, 6) is 0.119. The molecule has 0 aliphatic heterocycles. The van der Waals surface area contributed by atoms with Crippen molar-refractivity contribution in [2.75, 3.05) is 19.7 Å². The first-order valence-electron chi connectivity index (χ1n) is 10.4. The van der Waals surface area contributed by atoms with Crippen molar-refractivity contribution in [3.63, 3.8) is 0 Å². The van der Waals surface area contributed by atoms with Crippen LogP contribution in [0.1, 0.15) is 48.0 Å². The molecule has 154 valence electrons. The first kappa shape index (κ1) is 21.1. The quantitative estimate of drug-likeness (QED) is 0.554. The Bertz CT molecular complexity index is 927. The minimum Gasteiger partial charge on any atom is -0.451 e. The van der Waals surface area contributed by atoms with Crippen LogP contribution >= 0.6 is 0 Å². The molecule has 29 heavy (non-hydrogen) atoms. The Morgan fingerprint density at radius 1 is 1.00 bits per heavy atom. The first-order valence-corrected chi connectivity index (χ1v) is 10.4. The Labute approximate surface area is 172 Å². The highest BCUT2D eigenvalue weighted by atomic mass is 16.5. The molecular weight excluding hydrogens is 364 g/mol. The molecule has 2 N–H and O–H groups in total. The van der Waals surface area contributed by atoms with Crippen LogP contribution in [0.15, 0.2) is 52.9 Å². The molecule has 3 rings (SSSR count). The molecule has 1 aromatic heterocycles. The zero-order chi connectivity index (χ0) is 20.6. The second-order valence-electron chi connectivity index (χ2n) is 7.18. The van der Waals surface area contributed by atoms with Crippen molar-refractivity contribution in [1.82, 2.24) is 5.32 Å². The van der Waals surface area contributed by atoms with Crippen molar-refractivity contribution in [2.45, 2.75) is 40.5 Å². The van der Waals surface area contributed by atoms with E-state index in [9.17, 15) is 4.79 Å². The van der Waals surface area contributed by atoms with E-state index >= 15 is 0 Å². The van der Waals surface area contributed by atoms with E-state index in [2.05, 4.69) is 43.4 Å². The van der Waals surface area contributed by atoms with E-state index in [1.807, 2.05) is 31.2 Å². The van der Waals surface area contributed by atoms with Gasteiger partial charge in [-0.3, -0.25) is 4.79 Å². The van der Waals surface area contributed by atoms with Gasteiger partial charge in [0.1, 0.15) is 12.1 Å². The lowest BCUT2D eigenvalue weighted by molar-refractivity contribution is -0.910. The highest BCUT2D eigenvalue weighted by Gasteiger charge is 2.20. The molecule has 1 amide bonds. The third-order valence-corrected chi connectivity index (χ3v) is 5.29. The summed E-state index contributed by atoms with van der Waals surface area (Å²) in [6.07, 6.45) is 0. The number of nitrogens with one attached hydrogen (secondary N) is 2. The number of benzene rings is 2. The lowest BCUT2D eigenvalue weighted by Gasteiger charge is -2.15. The van der Waals surface area contributed by atoms with E-state index < -0.39 is 0 Å². The fourth-order valence-electron chi connectivity index (χ4n) is 3.46. The summed E-state index contributed by atoms with van der Waals surface area (Å²) >= 11 is 0. The second-order valence-corrected chi connectivity index (χ2v) is 7.18. The SMILES string of the molecule is CCOCc1c(C(=O)NCc2ccc(C[NH+](CC)CC)cc2)oc2ccccc12. The van der Waals surface area contributed by atoms with Crippen molar-refractivity contribution in [2.24, 2.45) is 0 Å². The van der Waals surface area contributed by atoms with Gasteiger partial charge in [-0.2, -0.15) is 0 Å². The van der Waals surface area contributed by atoms with Gasteiger partial charge in [0.15, 0.2) is 5.76 Å². The van der Waals surface area contributed by atoms with Crippen molar-refractivity contribution in [1.29, 1.82) is 0 Å². The van der Waals surface area contributed by atoms with Crippen LogP contribution in [0.4, 0.5) is 0 Å². The highest BCUT2D eigenvalue weighted by Crippen LogP contribution is 2.26. The third kappa shape index (κ3) is 5.25. The number of para-hydroxylation sites is 1. The van der Waals surface area contributed by atoms with Gasteiger partial charge in [0.25, 0.3) is 5.91 Å². The number of carbonyl (C=O) groups is 1. The largest absolute Gasteiger partial charge is 0.451 e. The molecule has 0 spiro atoms. The minimum absolute atomic E-state index is 0.215. The van der Waals surface area contributed by atoms with Crippen LogP contribution in [0.3, 0.4) is 0 Å². The van der Waals surface area contributed by atoms with E-state index in [0.717, 1.165) is 36.1 Å². The predicted molar refractivity (Wildman–Crippen MR) is 115 cm³/mol. The molecule has 0 radical (unpaired) electrons. The average Bonchev–Trinajstić information content (AvgIpc) is 3.13. The Morgan fingerprint density at radius 2 is 1.69 bits per heavy atom. The summed E-state index contributed by atoms with van der Waals surface area (Å²) in [6.45, 7) is 11.0. The van der Waals surface area contributed by atoms with Crippen molar-refractivity contribution in [3.05, 3.63) is 71.0 Å². The number of rotatable bonds is 10. The van der Waals surface area contributed by atoms with Gasteiger partial charge in [-0.25, -0.2) is 0 Å². The molecule has 0 unspecified atom stereocenters. The van der Waals surface area contributed by atoms with Gasteiger partial charge < -0.3 is 19.4 Å². The maximum absolute atomic E-state index is 12.8. The van der Waals surface area contributed by atoms with E-state index in [0.29, 0.717) is 31.1 Å². The summed E-state index contributed by atoms with van der Waals surface area (Å²) in [5.41, 5.74) is 3.89. The summed E-state index contributed by atoms with van der Waals surface area (Å²) in [6, 6.07) is 16.1. The second kappa shape index (κ2) is 10.2. The van der Waals surface area contributed by atoms with Crippen LogP contribution in [0.2, 0.25) is 0 Å². The normalized spacial score (nSPS) is 11.3. The van der Waals surface area contributed by atoms with Gasteiger partial charge in [-0.1, -0.05) is 42.5 Å². The predicted octanol–water partition coefficient (Wildman–Crippen LogP) is 3.32. The Kier molecular flexibility index (Phi) is 7.44. The summed E-state index contributed by atoms with van der Waals surface area (Å²) < 4.78 is 11.4. The number of quaternary nitrogens is 1. The first-order chi connectivity index (χ1) is 14.2. The van der Waals surface area contributed by atoms with Gasteiger partial charge in [0.05, 0.1) is 19.7 Å². The molecule has 5 heteroatoms. The van der Waals surface area contributed by atoms with Crippen molar-refractivity contribution >= 4 is 16.9 Å². The van der Waals surface area contributed by atoms with Gasteiger partial charge >= 0.3 is 0 Å².